The number of hydrogen-bond donors (Lipinski definition) is 1. The lowest BCUT2D eigenvalue weighted by Gasteiger charge is -2.12. The average molecular weight is 424 g/mol. The van der Waals surface area contributed by atoms with Crippen LogP contribution in [0.1, 0.15) is 16.2 Å². The number of rotatable bonds is 3. The first-order chi connectivity index (χ1) is 13.9. The number of amides is 1. The van der Waals surface area contributed by atoms with Gasteiger partial charge >= 0.3 is 0 Å². The van der Waals surface area contributed by atoms with E-state index < -0.39 is 0 Å². The molecule has 0 unspecified atom stereocenters. The van der Waals surface area contributed by atoms with E-state index >= 15 is 0 Å². The first-order valence-electron chi connectivity index (χ1n) is 8.79. The fourth-order valence-corrected chi connectivity index (χ4v) is 3.66. The van der Waals surface area contributed by atoms with Gasteiger partial charge in [-0.3, -0.25) is 14.2 Å². The normalized spacial score (nSPS) is 10.9. The highest BCUT2D eigenvalue weighted by atomic mass is 35.5. The Morgan fingerprint density at radius 3 is 2.31 bits per heavy atom. The second-order valence-corrected chi connectivity index (χ2v) is 7.35. The summed E-state index contributed by atoms with van der Waals surface area (Å²) in [5.41, 5.74) is 2.07. The molecule has 0 saturated carbocycles. The average Bonchev–Trinajstić information content (AvgIpc) is 2.67. The minimum absolute atomic E-state index is 0.154. The van der Waals surface area contributed by atoms with Crippen molar-refractivity contribution in [2.75, 3.05) is 5.32 Å². The molecule has 1 amide bonds. The van der Waals surface area contributed by atoms with Gasteiger partial charge in [0, 0.05) is 21.3 Å². The third-order valence-corrected chi connectivity index (χ3v) is 4.89. The number of nitrogens with one attached hydrogen (secondary N) is 1. The molecule has 0 spiro atoms. The number of carbonyl (C=O) groups is 1. The molecule has 0 fully saturated rings. The van der Waals surface area contributed by atoms with E-state index in [9.17, 15) is 9.59 Å². The molecule has 1 N–H and O–H groups in total. The summed E-state index contributed by atoms with van der Waals surface area (Å²) >= 11 is 11.9. The number of carbonyl (C=O) groups excluding carboxylic acids is 1. The molecule has 0 atom stereocenters. The minimum Gasteiger partial charge on any atom is -0.322 e. The van der Waals surface area contributed by atoms with Gasteiger partial charge < -0.3 is 5.32 Å². The van der Waals surface area contributed by atoms with Gasteiger partial charge in [-0.25, -0.2) is 4.98 Å². The molecule has 0 saturated heterocycles. The van der Waals surface area contributed by atoms with Crippen molar-refractivity contribution in [3.8, 4) is 5.69 Å². The highest BCUT2D eigenvalue weighted by Crippen LogP contribution is 2.23. The monoisotopic (exact) mass is 423 g/mol. The zero-order valence-corrected chi connectivity index (χ0v) is 16.8. The number of hydrogen-bond acceptors (Lipinski definition) is 3. The Kier molecular flexibility index (Phi) is 5.09. The van der Waals surface area contributed by atoms with Crippen LogP contribution in [0.25, 0.3) is 16.6 Å². The van der Waals surface area contributed by atoms with Crippen molar-refractivity contribution in [2.24, 2.45) is 0 Å². The number of aromatic nitrogens is 2. The predicted molar refractivity (Wildman–Crippen MR) is 116 cm³/mol. The number of aryl methyl sites for hydroxylation is 1. The van der Waals surface area contributed by atoms with Crippen LogP contribution in [0.3, 0.4) is 0 Å². The number of benzene rings is 3. The molecule has 0 aliphatic rings. The van der Waals surface area contributed by atoms with E-state index in [4.69, 9.17) is 23.2 Å². The fraction of sp³-hybridized carbons (Fsp3) is 0.0455. The third-order valence-electron chi connectivity index (χ3n) is 4.45. The maximum absolute atomic E-state index is 12.9. The summed E-state index contributed by atoms with van der Waals surface area (Å²) in [5.74, 6) is 0.259. The van der Waals surface area contributed by atoms with E-state index in [2.05, 4.69) is 10.3 Å². The molecule has 3 aromatic carbocycles. The largest absolute Gasteiger partial charge is 0.322 e. The molecule has 0 aliphatic carbocycles. The lowest BCUT2D eigenvalue weighted by Crippen LogP contribution is -2.22. The summed E-state index contributed by atoms with van der Waals surface area (Å²) in [6.07, 6.45) is 0. The van der Waals surface area contributed by atoms with Gasteiger partial charge in [0.15, 0.2) is 0 Å². The lowest BCUT2D eigenvalue weighted by molar-refractivity contribution is 0.102. The molecule has 1 aromatic heterocycles. The molecule has 7 heteroatoms. The summed E-state index contributed by atoms with van der Waals surface area (Å²) in [5, 5.41) is 4.16. The quantitative estimate of drug-likeness (QED) is 0.489. The van der Waals surface area contributed by atoms with Gasteiger partial charge in [-0.15, -0.1) is 0 Å². The van der Waals surface area contributed by atoms with Gasteiger partial charge in [0.05, 0.1) is 16.6 Å². The molecule has 1 heterocycles. The maximum atomic E-state index is 12.9. The maximum Gasteiger partial charge on any atom is 0.265 e. The zero-order valence-electron chi connectivity index (χ0n) is 15.3. The Bertz CT molecular complexity index is 1280. The Balaban J connectivity index is 1.65. The van der Waals surface area contributed by atoms with Crippen LogP contribution in [-0.4, -0.2) is 15.5 Å². The third kappa shape index (κ3) is 3.88. The molecule has 4 aromatic rings. The van der Waals surface area contributed by atoms with E-state index in [1.54, 1.807) is 61.5 Å². The van der Waals surface area contributed by atoms with E-state index in [1.165, 1.54) is 4.57 Å². The van der Waals surface area contributed by atoms with Crippen LogP contribution in [-0.2, 0) is 0 Å². The van der Waals surface area contributed by atoms with Crippen molar-refractivity contribution < 1.29 is 4.79 Å². The second kappa shape index (κ2) is 7.70. The highest BCUT2D eigenvalue weighted by molar-refractivity contribution is 6.35. The molecule has 0 bridgehead atoms. The summed E-state index contributed by atoms with van der Waals surface area (Å²) in [7, 11) is 0. The fourth-order valence-electron chi connectivity index (χ4n) is 3.14. The van der Waals surface area contributed by atoms with E-state index in [-0.39, 0.29) is 11.5 Å². The molecule has 4 rings (SSSR count). The Morgan fingerprint density at radius 1 is 0.966 bits per heavy atom. The van der Waals surface area contributed by atoms with Crippen LogP contribution in [0.2, 0.25) is 10.0 Å². The number of nitrogens with zero attached hydrogens (tertiary/aromatic N) is 2. The smallest absolute Gasteiger partial charge is 0.265 e. The van der Waals surface area contributed by atoms with Gasteiger partial charge in [-0.1, -0.05) is 35.3 Å². The van der Waals surface area contributed by atoms with Crippen molar-refractivity contribution in [2.45, 2.75) is 6.92 Å². The van der Waals surface area contributed by atoms with E-state index in [1.807, 2.05) is 12.1 Å². The van der Waals surface area contributed by atoms with Crippen molar-refractivity contribution in [3.05, 3.63) is 98.5 Å². The summed E-state index contributed by atoms with van der Waals surface area (Å²) in [4.78, 5) is 29.9. The van der Waals surface area contributed by atoms with Gasteiger partial charge in [0.25, 0.3) is 11.5 Å². The van der Waals surface area contributed by atoms with Gasteiger partial charge in [-0.2, -0.15) is 0 Å². The zero-order chi connectivity index (χ0) is 20.5. The second-order valence-electron chi connectivity index (χ2n) is 6.48. The summed E-state index contributed by atoms with van der Waals surface area (Å²) < 4.78 is 1.53. The Labute approximate surface area is 176 Å². The van der Waals surface area contributed by atoms with Gasteiger partial charge in [0.1, 0.15) is 5.82 Å². The van der Waals surface area contributed by atoms with Crippen LogP contribution in [0.5, 0.6) is 0 Å². The highest BCUT2D eigenvalue weighted by Gasteiger charge is 2.12. The van der Waals surface area contributed by atoms with Crippen molar-refractivity contribution in [1.29, 1.82) is 0 Å². The van der Waals surface area contributed by atoms with Crippen LogP contribution in [0.15, 0.2) is 71.5 Å². The predicted octanol–water partition coefficient (Wildman–Crippen LogP) is 5.25. The first kappa shape index (κ1) is 19.2. The van der Waals surface area contributed by atoms with Crippen molar-refractivity contribution in [3.63, 3.8) is 0 Å². The minimum atomic E-state index is -0.310. The van der Waals surface area contributed by atoms with E-state index in [0.29, 0.717) is 43.7 Å². The summed E-state index contributed by atoms with van der Waals surface area (Å²) in [6, 6.07) is 18.8. The van der Waals surface area contributed by atoms with Crippen LogP contribution < -0.4 is 10.9 Å². The molecule has 5 nitrogen and oxygen atoms in total. The van der Waals surface area contributed by atoms with Crippen molar-refractivity contribution in [1.82, 2.24) is 9.55 Å². The SMILES string of the molecule is Cc1nc2ccccc2c(=O)n1-c1ccc(C(=O)Nc2cc(Cl)cc(Cl)c2)cc1. The lowest BCUT2D eigenvalue weighted by atomic mass is 10.1. The standard InChI is InChI=1S/C22H15Cl2N3O2/c1-13-25-20-5-3-2-4-19(20)22(29)27(13)18-8-6-14(7-9-18)21(28)26-17-11-15(23)10-16(24)12-17/h2-12H,1H3,(H,26,28). The number of halogens is 2. The molecule has 0 aliphatic heterocycles. The molecule has 0 radical (unpaired) electrons. The van der Waals surface area contributed by atoms with E-state index in [0.717, 1.165) is 0 Å². The van der Waals surface area contributed by atoms with Crippen LogP contribution in [0, 0.1) is 6.92 Å². The Morgan fingerprint density at radius 2 is 1.62 bits per heavy atom. The summed E-state index contributed by atoms with van der Waals surface area (Å²) in [6.45, 7) is 1.78. The van der Waals surface area contributed by atoms with Crippen LogP contribution >= 0.6 is 23.2 Å². The molecule has 144 valence electrons. The van der Waals surface area contributed by atoms with Gasteiger partial charge in [-0.05, 0) is 61.5 Å². The molecule has 29 heavy (non-hydrogen) atoms. The number of para-hydroxylation sites is 1. The van der Waals surface area contributed by atoms with Crippen LogP contribution in [0.4, 0.5) is 5.69 Å². The molecular formula is C22H15Cl2N3O2. The number of anilines is 1. The number of fused-ring (bicyclic) bond motifs is 1. The van der Waals surface area contributed by atoms with Crippen molar-refractivity contribution >= 4 is 45.7 Å². The first-order valence-corrected chi connectivity index (χ1v) is 9.54. The Hall–Kier alpha value is -3.15. The topological polar surface area (TPSA) is 64.0 Å². The molecular weight excluding hydrogens is 409 g/mol. The van der Waals surface area contributed by atoms with Gasteiger partial charge in [0.2, 0.25) is 0 Å².